The lowest BCUT2D eigenvalue weighted by molar-refractivity contribution is 0.267. The summed E-state index contributed by atoms with van der Waals surface area (Å²) in [6.07, 6.45) is 0. The molecule has 0 bridgehead atoms. The average molecular weight is 272 g/mol. The van der Waals surface area contributed by atoms with Crippen LogP contribution in [0.4, 0.5) is 0 Å². The van der Waals surface area contributed by atoms with Gasteiger partial charge in [-0.3, -0.25) is 0 Å². The highest BCUT2D eigenvalue weighted by atomic mass is 79.9. The van der Waals surface area contributed by atoms with E-state index >= 15 is 0 Å². The van der Waals surface area contributed by atoms with E-state index in [1.165, 1.54) is 0 Å². The minimum atomic E-state index is -0.572. The van der Waals surface area contributed by atoms with Crippen molar-refractivity contribution in [3.8, 4) is 5.75 Å². The van der Waals surface area contributed by atoms with Gasteiger partial charge in [-0.25, -0.2) is 0 Å². The van der Waals surface area contributed by atoms with Crippen molar-refractivity contribution >= 4 is 15.9 Å². The topological polar surface area (TPSA) is 78.2 Å². The molecule has 0 spiro atoms. The van der Waals surface area contributed by atoms with E-state index < -0.39 is 6.04 Å². The van der Waals surface area contributed by atoms with E-state index in [0.717, 1.165) is 10.0 Å². The number of azide groups is 1. The Kier molecular flexibility index (Phi) is 4.42. The monoisotopic (exact) mass is 271 g/mol. The molecule has 1 N–H and O–H groups in total. The van der Waals surface area contributed by atoms with Gasteiger partial charge in [-0.15, -0.1) is 0 Å². The molecule has 5 nitrogen and oxygen atoms in total. The van der Waals surface area contributed by atoms with Gasteiger partial charge in [0, 0.05) is 4.91 Å². The highest BCUT2D eigenvalue weighted by molar-refractivity contribution is 9.10. The fourth-order valence-electron chi connectivity index (χ4n) is 1.15. The van der Waals surface area contributed by atoms with Gasteiger partial charge in [-0.2, -0.15) is 0 Å². The highest BCUT2D eigenvalue weighted by Crippen LogP contribution is 2.29. The third-order valence-corrected chi connectivity index (χ3v) is 2.58. The van der Waals surface area contributed by atoms with Crippen LogP contribution in [0.1, 0.15) is 11.6 Å². The van der Waals surface area contributed by atoms with E-state index in [0.29, 0.717) is 5.75 Å². The molecule has 80 valence electrons. The van der Waals surface area contributed by atoms with Crippen LogP contribution in [0.5, 0.6) is 5.75 Å². The first kappa shape index (κ1) is 11.8. The van der Waals surface area contributed by atoms with Crippen molar-refractivity contribution in [1.29, 1.82) is 0 Å². The molecule has 1 atom stereocenters. The smallest absolute Gasteiger partial charge is 0.133 e. The van der Waals surface area contributed by atoms with Crippen molar-refractivity contribution in [2.24, 2.45) is 5.11 Å². The zero-order valence-electron chi connectivity index (χ0n) is 8.09. The largest absolute Gasteiger partial charge is 0.496 e. The Balaban J connectivity index is 3.08. The Morgan fingerprint density at radius 3 is 2.93 bits per heavy atom. The number of benzene rings is 1. The van der Waals surface area contributed by atoms with Gasteiger partial charge in [-0.05, 0) is 39.2 Å². The molecule has 0 radical (unpaired) electrons. The zero-order valence-corrected chi connectivity index (χ0v) is 9.68. The second-order valence-electron chi connectivity index (χ2n) is 2.80. The Morgan fingerprint density at radius 1 is 1.67 bits per heavy atom. The summed E-state index contributed by atoms with van der Waals surface area (Å²) in [6, 6.07) is 4.70. The number of ether oxygens (including phenoxy) is 1. The summed E-state index contributed by atoms with van der Waals surface area (Å²) in [5, 5.41) is 12.5. The Morgan fingerprint density at radius 2 is 2.40 bits per heavy atom. The summed E-state index contributed by atoms with van der Waals surface area (Å²) in [6.45, 7) is -0.227. The predicted octanol–water partition coefficient (Wildman–Crippen LogP) is 2.80. The quantitative estimate of drug-likeness (QED) is 0.519. The maximum Gasteiger partial charge on any atom is 0.133 e. The molecule has 0 amide bonds. The molecule has 0 aliphatic carbocycles. The third-order valence-electron chi connectivity index (χ3n) is 1.92. The highest BCUT2D eigenvalue weighted by Gasteiger charge is 2.10. The van der Waals surface area contributed by atoms with E-state index in [-0.39, 0.29) is 6.61 Å². The summed E-state index contributed by atoms with van der Waals surface area (Å²) in [5.74, 6) is 0.638. The molecule has 0 saturated heterocycles. The molecular weight excluding hydrogens is 262 g/mol. The van der Waals surface area contributed by atoms with E-state index in [1.54, 1.807) is 25.3 Å². The first-order valence-electron chi connectivity index (χ1n) is 4.21. The van der Waals surface area contributed by atoms with E-state index in [2.05, 4.69) is 26.0 Å². The van der Waals surface area contributed by atoms with Crippen LogP contribution in [-0.4, -0.2) is 18.8 Å². The van der Waals surface area contributed by atoms with Crippen molar-refractivity contribution in [2.75, 3.05) is 13.7 Å². The van der Waals surface area contributed by atoms with Crippen LogP contribution < -0.4 is 4.74 Å². The van der Waals surface area contributed by atoms with Gasteiger partial charge in [0.25, 0.3) is 0 Å². The summed E-state index contributed by atoms with van der Waals surface area (Å²) >= 11 is 3.31. The molecule has 0 aromatic heterocycles. The minimum absolute atomic E-state index is 0.227. The number of nitrogens with zero attached hydrogens (tertiary/aromatic N) is 3. The van der Waals surface area contributed by atoms with Gasteiger partial charge in [0.1, 0.15) is 5.75 Å². The molecule has 1 aromatic rings. The average Bonchev–Trinajstić information content (AvgIpc) is 2.27. The van der Waals surface area contributed by atoms with Crippen LogP contribution in [0.25, 0.3) is 10.4 Å². The third kappa shape index (κ3) is 2.86. The van der Waals surface area contributed by atoms with Crippen molar-refractivity contribution in [1.82, 2.24) is 0 Å². The number of hydrogen-bond acceptors (Lipinski definition) is 3. The predicted molar refractivity (Wildman–Crippen MR) is 59.7 cm³/mol. The molecule has 15 heavy (non-hydrogen) atoms. The molecular formula is C9H10BrN3O2. The van der Waals surface area contributed by atoms with Gasteiger partial charge < -0.3 is 9.84 Å². The SMILES string of the molecule is COc1cc(C(CO)N=[N+]=[N-])ccc1Br. The summed E-state index contributed by atoms with van der Waals surface area (Å²) in [4.78, 5) is 2.67. The van der Waals surface area contributed by atoms with Gasteiger partial charge in [-0.1, -0.05) is 11.2 Å². The molecule has 6 heteroatoms. The fraction of sp³-hybridized carbons (Fsp3) is 0.333. The van der Waals surface area contributed by atoms with Crippen LogP contribution in [0, 0.1) is 0 Å². The van der Waals surface area contributed by atoms with Crippen LogP contribution in [0.2, 0.25) is 0 Å². The van der Waals surface area contributed by atoms with Crippen LogP contribution in [0.3, 0.4) is 0 Å². The number of rotatable bonds is 4. The molecule has 1 rings (SSSR count). The van der Waals surface area contributed by atoms with E-state index in [1.807, 2.05) is 0 Å². The number of hydrogen-bond donors (Lipinski definition) is 1. The number of halogens is 1. The molecule has 1 unspecified atom stereocenters. The molecule has 0 aliphatic rings. The standard InChI is InChI=1S/C9H10BrN3O2/c1-15-9-4-6(2-3-7(9)10)8(5-14)12-13-11/h2-4,8,14H,5H2,1H3. The van der Waals surface area contributed by atoms with Gasteiger partial charge in [0.2, 0.25) is 0 Å². The normalized spacial score (nSPS) is 11.7. The first-order valence-corrected chi connectivity index (χ1v) is 5.00. The Hall–Kier alpha value is -1.23. The summed E-state index contributed by atoms with van der Waals surface area (Å²) < 4.78 is 5.91. The van der Waals surface area contributed by atoms with Crippen LogP contribution in [-0.2, 0) is 0 Å². The fourth-order valence-corrected chi connectivity index (χ4v) is 1.56. The molecule has 0 saturated carbocycles. The maximum absolute atomic E-state index is 9.03. The minimum Gasteiger partial charge on any atom is -0.496 e. The van der Waals surface area contributed by atoms with Crippen molar-refractivity contribution in [3.05, 3.63) is 38.7 Å². The maximum atomic E-state index is 9.03. The second-order valence-corrected chi connectivity index (χ2v) is 3.65. The van der Waals surface area contributed by atoms with Crippen LogP contribution in [0.15, 0.2) is 27.8 Å². The zero-order chi connectivity index (χ0) is 11.3. The molecule has 1 aromatic carbocycles. The van der Waals surface area contributed by atoms with E-state index in [4.69, 9.17) is 15.4 Å². The number of aliphatic hydroxyl groups excluding tert-OH is 1. The lowest BCUT2D eigenvalue weighted by Crippen LogP contribution is -2.00. The molecule has 0 fully saturated rings. The Bertz CT molecular complexity index is 391. The first-order chi connectivity index (χ1) is 7.22. The van der Waals surface area contributed by atoms with Crippen molar-refractivity contribution in [2.45, 2.75) is 6.04 Å². The molecule has 0 aliphatic heterocycles. The summed E-state index contributed by atoms with van der Waals surface area (Å²) in [7, 11) is 1.55. The second kappa shape index (κ2) is 5.60. The van der Waals surface area contributed by atoms with Gasteiger partial charge in [0.05, 0.1) is 24.2 Å². The van der Waals surface area contributed by atoms with Crippen molar-refractivity contribution in [3.63, 3.8) is 0 Å². The lowest BCUT2D eigenvalue weighted by Gasteiger charge is -2.10. The molecule has 0 heterocycles. The summed E-state index contributed by atoms with van der Waals surface area (Å²) in [5.41, 5.74) is 9.03. The number of methoxy groups -OCH3 is 1. The van der Waals surface area contributed by atoms with Crippen LogP contribution >= 0.6 is 15.9 Å². The van der Waals surface area contributed by atoms with Gasteiger partial charge in [0.15, 0.2) is 0 Å². The van der Waals surface area contributed by atoms with Gasteiger partial charge >= 0.3 is 0 Å². The lowest BCUT2D eigenvalue weighted by atomic mass is 10.1. The van der Waals surface area contributed by atoms with Crippen molar-refractivity contribution < 1.29 is 9.84 Å². The Labute approximate surface area is 95.4 Å². The van der Waals surface area contributed by atoms with E-state index in [9.17, 15) is 0 Å². The number of aliphatic hydroxyl groups is 1.